The number of anilines is 2. The van der Waals surface area contributed by atoms with Crippen LogP contribution >= 0.6 is 0 Å². The highest BCUT2D eigenvalue weighted by molar-refractivity contribution is 5.45. The Balaban J connectivity index is 1.48. The predicted molar refractivity (Wildman–Crippen MR) is 94.7 cm³/mol. The third-order valence-corrected chi connectivity index (χ3v) is 5.34. The first-order valence-electron chi connectivity index (χ1n) is 9.15. The van der Waals surface area contributed by atoms with Gasteiger partial charge in [-0.1, -0.05) is 0 Å². The second kappa shape index (κ2) is 6.94. The standard InChI is InChI=1S/C18H21F3N6/c1-26(17-22-8-6-15(23-17)18(19,20)21)13-7-9-27(11-13)16-10-12-4-2-3-5-14(12)24-25-16/h6,8,10,13H,2-5,7,9,11H2,1H3. The van der Waals surface area contributed by atoms with Gasteiger partial charge in [0.2, 0.25) is 5.95 Å². The van der Waals surface area contributed by atoms with E-state index in [1.165, 1.54) is 12.0 Å². The molecule has 4 rings (SSSR count). The first-order valence-corrected chi connectivity index (χ1v) is 9.15. The summed E-state index contributed by atoms with van der Waals surface area (Å²) in [6.07, 6.45) is 1.84. The Morgan fingerprint density at radius 3 is 2.81 bits per heavy atom. The van der Waals surface area contributed by atoms with E-state index in [1.54, 1.807) is 11.9 Å². The van der Waals surface area contributed by atoms with Crippen LogP contribution in [0.4, 0.5) is 24.9 Å². The number of aromatic nitrogens is 4. The zero-order valence-electron chi connectivity index (χ0n) is 15.1. The van der Waals surface area contributed by atoms with Crippen LogP contribution in [0.5, 0.6) is 0 Å². The molecule has 2 aromatic heterocycles. The second-order valence-electron chi connectivity index (χ2n) is 7.12. The normalized spacial score (nSPS) is 19.9. The number of nitrogens with zero attached hydrogens (tertiary/aromatic N) is 6. The van der Waals surface area contributed by atoms with E-state index in [2.05, 4.69) is 31.1 Å². The first kappa shape index (κ1) is 17.9. The quantitative estimate of drug-likeness (QED) is 0.819. The molecule has 3 heterocycles. The molecule has 0 amide bonds. The van der Waals surface area contributed by atoms with Gasteiger partial charge in [0.15, 0.2) is 5.82 Å². The number of fused-ring (bicyclic) bond motifs is 1. The van der Waals surface area contributed by atoms with Crippen LogP contribution < -0.4 is 9.80 Å². The minimum Gasteiger partial charge on any atom is -0.353 e. The maximum Gasteiger partial charge on any atom is 0.433 e. The monoisotopic (exact) mass is 378 g/mol. The van der Waals surface area contributed by atoms with E-state index in [9.17, 15) is 13.2 Å². The number of halogens is 3. The van der Waals surface area contributed by atoms with Gasteiger partial charge >= 0.3 is 6.18 Å². The Labute approximate surface area is 155 Å². The minimum absolute atomic E-state index is 0.0197. The lowest BCUT2D eigenvalue weighted by Gasteiger charge is -2.25. The average molecular weight is 378 g/mol. The molecular formula is C18H21F3N6. The van der Waals surface area contributed by atoms with Gasteiger partial charge in [0.25, 0.3) is 0 Å². The molecule has 2 aliphatic rings. The van der Waals surface area contributed by atoms with E-state index in [1.807, 2.05) is 0 Å². The summed E-state index contributed by atoms with van der Waals surface area (Å²) in [6.45, 7) is 1.44. The van der Waals surface area contributed by atoms with Crippen LogP contribution in [0.3, 0.4) is 0 Å². The van der Waals surface area contributed by atoms with E-state index in [-0.39, 0.29) is 12.0 Å². The van der Waals surface area contributed by atoms with Gasteiger partial charge in [-0.2, -0.15) is 18.3 Å². The molecule has 0 saturated carbocycles. The number of hydrogen-bond donors (Lipinski definition) is 0. The smallest absolute Gasteiger partial charge is 0.353 e. The summed E-state index contributed by atoms with van der Waals surface area (Å²) in [5.41, 5.74) is 1.44. The summed E-state index contributed by atoms with van der Waals surface area (Å²) in [5, 5.41) is 8.74. The van der Waals surface area contributed by atoms with E-state index in [4.69, 9.17) is 0 Å². The summed E-state index contributed by atoms with van der Waals surface area (Å²) in [4.78, 5) is 11.6. The number of likely N-dealkylation sites (N-methyl/N-ethyl adjacent to an activating group) is 1. The van der Waals surface area contributed by atoms with Gasteiger partial charge in [-0.05, 0) is 49.8 Å². The molecule has 6 nitrogen and oxygen atoms in total. The maximum atomic E-state index is 12.9. The van der Waals surface area contributed by atoms with Crippen molar-refractivity contribution < 1.29 is 13.2 Å². The summed E-state index contributed by atoms with van der Waals surface area (Å²) < 4.78 is 38.7. The molecule has 0 spiro atoms. The molecule has 1 aliphatic heterocycles. The molecule has 1 saturated heterocycles. The summed E-state index contributed by atoms with van der Waals surface area (Å²) in [5.74, 6) is 0.935. The molecule has 1 atom stereocenters. The lowest BCUT2D eigenvalue weighted by molar-refractivity contribution is -0.141. The third-order valence-electron chi connectivity index (χ3n) is 5.34. The molecule has 0 N–H and O–H groups in total. The highest BCUT2D eigenvalue weighted by Gasteiger charge is 2.34. The molecule has 0 aromatic carbocycles. The molecule has 1 aliphatic carbocycles. The molecule has 1 fully saturated rings. The zero-order valence-corrected chi connectivity index (χ0v) is 15.1. The van der Waals surface area contributed by atoms with Crippen LogP contribution in [-0.4, -0.2) is 46.3 Å². The SMILES string of the molecule is CN(c1nccc(C(F)(F)F)n1)C1CCN(c2cc3c(nn2)CCCC3)C1. The van der Waals surface area contributed by atoms with Crippen molar-refractivity contribution in [2.45, 2.75) is 44.3 Å². The van der Waals surface area contributed by atoms with E-state index < -0.39 is 11.9 Å². The van der Waals surface area contributed by atoms with Gasteiger partial charge in [-0.3, -0.25) is 0 Å². The van der Waals surface area contributed by atoms with E-state index in [0.717, 1.165) is 56.0 Å². The Morgan fingerprint density at radius 2 is 2.00 bits per heavy atom. The van der Waals surface area contributed by atoms with Crippen molar-refractivity contribution in [2.75, 3.05) is 29.9 Å². The Hall–Kier alpha value is -2.45. The van der Waals surface area contributed by atoms with Gasteiger partial charge in [0.1, 0.15) is 5.69 Å². The van der Waals surface area contributed by atoms with Gasteiger partial charge < -0.3 is 9.80 Å². The molecule has 27 heavy (non-hydrogen) atoms. The number of aryl methyl sites for hydroxylation is 2. The molecular weight excluding hydrogens is 357 g/mol. The van der Waals surface area contributed by atoms with Crippen molar-refractivity contribution >= 4 is 11.8 Å². The zero-order chi connectivity index (χ0) is 19.0. The van der Waals surface area contributed by atoms with Crippen molar-refractivity contribution in [2.24, 2.45) is 0 Å². The van der Waals surface area contributed by atoms with Crippen molar-refractivity contribution in [3.63, 3.8) is 0 Å². The third kappa shape index (κ3) is 3.68. The fourth-order valence-electron chi connectivity index (χ4n) is 3.74. The van der Waals surface area contributed by atoms with Crippen LogP contribution in [0, 0.1) is 0 Å². The highest BCUT2D eigenvalue weighted by Crippen LogP contribution is 2.30. The fraction of sp³-hybridized carbons (Fsp3) is 0.556. The summed E-state index contributed by atoms with van der Waals surface area (Å²) in [6, 6.07) is 3.03. The molecule has 9 heteroatoms. The summed E-state index contributed by atoms with van der Waals surface area (Å²) in [7, 11) is 1.74. The maximum absolute atomic E-state index is 12.9. The van der Waals surface area contributed by atoms with Crippen LogP contribution in [0.1, 0.15) is 36.2 Å². The fourth-order valence-corrected chi connectivity index (χ4v) is 3.74. The lowest BCUT2D eigenvalue weighted by atomic mass is 9.97. The topological polar surface area (TPSA) is 58.0 Å². The van der Waals surface area contributed by atoms with Crippen LogP contribution in [0.25, 0.3) is 0 Å². The number of alkyl halides is 3. The molecule has 2 aromatic rings. The molecule has 144 valence electrons. The second-order valence-corrected chi connectivity index (χ2v) is 7.12. The Bertz CT molecular complexity index is 825. The largest absolute Gasteiger partial charge is 0.433 e. The molecule has 0 radical (unpaired) electrons. The number of rotatable bonds is 3. The molecule has 0 bridgehead atoms. The van der Waals surface area contributed by atoms with Crippen molar-refractivity contribution in [3.8, 4) is 0 Å². The highest BCUT2D eigenvalue weighted by atomic mass is 19.4. The van der Waals surface area contributed by atoms with Crippen molar-refractivity contribution in [1.29, 1.82) is 0 Å². The average Bonchev–Trinajstić information content (AvgIpc) is 3.16. The number of hydrogen-bond acceptors (Lipinski definition) is 6. The van der Waals surface area contributed by atoms with Gasteiger partial charge in [0.05, 0.1) is 11.7 Å². The Kier molecular flexibility index (Phi) is 4.61. The minimum atomic E-state index is -4.47. The van der Waals surface area contributed by atoms with Crippen molar-refractivity contribution in [3.05, 3.63) is 35.3 Å². The van der Waals surface area contributed by atoms with Gasteiger partial charge in [-0.25, -0.2) is 9.97 Å². The van der Waals surface area contributed by atoms with Gasteiger partial charge in [0, 0.05) is 26.3 Å². The predicted octanol–water partition coefficient (Wildman–Crippen LogP) is 2.88. The van der Waals surface area contributed by atoms with Crippen LogP contribution in [0.15, 0.2) is 18.3 Å². The Morgan fingerprint density at radius 1 is 1.19 bits per heavy atom. The lowest BCUT2D eigenvalue weighted by Crippen LogP contribution is -2.36. The van der Waals surface area contributed by atoms with Crippen molar-refractivity contribution in [1.82, 2.24) is 20.2 Å². The first-order chi connectivity index (χ1) is 12.9. The molecule has 1 unspecified atom stereocenters. The van der Waals surface area contributed by atoms with Crippen LogP contribution in [0.2, 0.25) is 0 Å². The van der Waals surface area contributed by atoms with E-state index >= 15 is 0 Å². The van der Waals surface area contributed by atoms with Crippen LogP contribution in [-0.2, 0) is 19.0 Å². The summed E-state index contributed by atoms with van der Waals surface area (Å²) >= 11 is 0. The van der Waals surface area contributed by atoms with E-state index in [0.29, 0.717) is 6.54 Å². The van der Waals surface area contributed by atoms with Gasteiger partial charge in [-0.15, -0.1) is 5.10 Å².